The van der Waals surface area contributed by atoms with Crippen LogP contribution in [-0.4, -0.2) is 7.11 Å². The molecule has 5 radical (unpaired) electrons. The van der Waals surface area contributed by atoms with Gasteiger partial charge in [0.05, 0.1) is 0 Å². The first-order valence-electron chi connectivity index (χ1n) is 5.14. The fourth-order valence-electron chi connectivity index (χ4n) is 1.91. The van der Waals surface area contributed by atoms with Crippen LogP contribution in [0.1, 0.15) is 5.56 Å². The highest BCUT2D eigenvalue weighted by atomic mass is 16.5. The maximum atomic E-state index is 5.67. The molecule has 0 bridgehead atoms. The molecule has 1 atom stereocenters. The summed E-state index contributed by atoms with van der Waals surface area (Å²) in [5, 5.41) is 0. The average molecular weight is 209 g/mol. The molecule has 1 saturated carbocycles. The van der Waals surface area contributed by atoms with Crippen LogP contribution in [0, 0.1) is 43.9 Å². The molecule has 1 nitrogen and oxygen atoms in total. The van der Waals surface area contributed by atoms with Crippen molar-refractivity contribution in [2.24, 2.45) is 0 Å². The summed E-state index contributed by atoms with van der Waals surface area (Å²) < 4.78 is 5.58. The molecule has 1 unspecified atom stereocenters. The third-order valence-corrected chi connectivity index (χ3v) is 2.76. The van der Waals surface area contributed by atoms with Gasteiger partial charge >= 0.3 is 0 Å². The van der Waals surface area contributed by atoms with Crippen LogP contribution in [0.2, 0.25) is 0 Å². The highest BCUT2D eigenvalue weighted by Gasteiger charge is 2.41. The first-order valence-corrected chi connectivity index (χ1v) is 5.14. The third kappa shape index (κ3) is 1.74. The molecule has 1 aromatic rings. The summed E-state index contributed by atoms with van der Waals surface area (Å²) in [7, 11) is 1.64. The first-order chi connectivity index (χ1) is 7.83. The Labute approximate surface area is 97.8 Å². The van der Waals surface area contributed by atoms with Gasteiger partial charge in [0, 0.05) is 13.0 Å². The Hall–Kier alpha value is -1.26. The van der Waals surface area contributed by atoms with Gasteiger partial charge in [0.1, 0.15) is 0 Å². The summed E-state index contributed by atoms with van der Waals surface area (Å²) >= 11 is 0. The number of hydrogen-bond donors (Lipinski definition) is 0. The van der Waals surface area contributed by atoms with E-state index in [1.165, 1.54) is 0 Å². The predicted molar refractivity (Wildman–Crippen MR) is 64.4 cm³/mol. The zero-order valence-electron chi connectivity index (χ0n) is 9.18. The van der Waals surface area contributed by atoms with Gasteiger partial charge in [-0.1, -0.05) is 36.3 Å². The molecule has 79 valence electrons. The average Bonchev–Trinajstić information content (AvgIpc) is 2.87. The Kier molecular flexibility index (Phi) is 3.31. The summed E-state index contributed by atoms with van der Waals surface area (Å²) in [5.41, 5.74) is 0.205. The molecular formula is C15H13O. The van der Waals surface area contributed by atoms with E-state index in [2.05, 4.69) is 5.92 Å². The summed E-state index contributed by atoms with van der Waals surface area (Å²) in [4.78, 5) is 0. The number of rotatable bonds is 3. The van der Waals surface area contributed by atoms with Crippen LogP contribution in [0.15, 0.2) is 30.3 Å². The molecule has 1 fully saturated rings. The van der Waals surface area contributed by atoms with E-state index in [9.17, 15) is 0 Å². The minimum Gasteiger partial charge on any atom is -0.361 e. The second-order valence-electron chi connectivity index (χ2n) is 3.57. The number of ether oxygens (including phenoxy) is 1. The van der Waals surface area contributed by atoms with Crippen molar-refractivity contribution in [2.75, 3.05) is 7.11 Å². The molecule has 16 heavy (non-hydrogen) atoms. The molecule has 1 aliphatic rings. The normalized spacial score (nSPS) is 20.2. The molecule has 1 aromatic carbocycles. The number of hydrogen-bond acceptors (Lipinski definition) is 1. The van der Waals surface area contributed by atoms with E-state index >= 15 is 0 Å². The Balaban J connectivity index is 2.39. The summed E-state index contributed by atoms with van der Waals surface area (Å²) in [5.74, 6) is 3.75. The van der Waals surface area contributed by atoms with Crippen LogP contribution in [0.4, 0.5) is 0 Å². The lowest BCUT2D eigenvalue weighted by Gasteiger charge is -2.32. The summed E-state index contributed by atoms with van der Waals surface area (Å²) in [6, 6.07) is 9.85. The Bertz CT molecular complexity index is 370. The van der Waals surface area contributed by atoms with Crippen LogP contribution in [0.3, 0.4) is 0 Å². The smallest absolute Gasteiger partial charge is 0.160 e. The molecule has 0 saturated heterocycles. The Morgan fingerprint density at radius 2 is 1.75 bits per heavy atom. The van der Waals surface area contributed by atoms with Crippen molar-refractivity contribution in [3.05, 3.63) is 67.5 Å². The van der Waals surface area contributed by atoms with Gasteiger partial charge in [0.15, 0.2) is 5.60 Å². The highest BCUT2D eigenvalue weighted by molar-refractivity contribution is 5.51. The fourth-order valence-corrected chi connectivity index (χ4v) is 1.91. The Morgan fingerprint density at radius 3 is 2.25 bits per heavy atom. The molecule has 0 spiro atoms. The lowest BCUT2D eigenvalue weighted by atomic mass is 9.80. The summed E-state index contributed by atoms with van der Waals surface area (Å²) in [6.45, 7) is 0. The molecule has 0 amide bonds. The number of terminal acetylenes is 1. The second kappa shape index (κ2) is 4.72. The van der Waals surface area contributed by atoms with Gasteiger partial charge in [-0.3, -0.25) is 0 Å². The largest absolute Gasteiger partial charge is 0.361 e. The van der Waals surface area contributed by atoms with E-state index in [1.807, 2.05) is 56.0 Å². The molecule has 0 N–H and O–H groups in total. The lowest BCUT2D eigenvalue weighted by molar-refractivity contribution is 0.0578. The number of methoxy groups -OCH3 is 1. The topological polar surface area (TPSA) is 9.23 Å². The maximum Gasteiger partial charge on any atom is 0.160 e. The van der Waals surface area contributed by atoms with Gasteiger partial charge in [-0.15, -0.1) is 6.42 Å². The van der Waals surface area contributed by atoms with Gasteiger partial charge in [-0.25, -0.2) is 0 Å². The zero-order chi connectivity index (χ0) is 11.4. The van der Waals surface area contributed by atoms with Gasteiger partial charge in [0.25, 0.3) is 0 Å². The molecule has 0 aliphatic heterocycles. The van der Waals surface area contributed by atoms with Crippen molar-refractivity contribution in [1.29, 1.82) is 0 Å². The van der Waals surface area contributed by atoms with Crippen molar-refractivity contribution >= 4 is 0 Å². The molecule has 1 heteroatoms. The van der Waals surface area contributed by atoms with E-state index in [-0.39, 0.29) is 0 Å². The second-order valence-corrected chi connectivity index (χ2v) is 3.57. The standard InChI is InChI=1S/C15H13O/c1-3-15(16-2,14-11-7-8-12-14)13-9-5-4-6-10-13/h1,4-12H,2H3. The molecular weight excluding hydrogens is 196 g/mol. The summed E-state index contributed by atoms with van der Waals surface area (Å²) in [6.07, 6.45) is 13.6. The van der Waals surface area contributed by atoms with E-state index in [4.69, 9.17) is 11.2 Å². The molecule has 0 aromatic heterocycles. The molecule has 0 heterocycles. The predicted octanol–water partition coefficient (Wildman–Crippen LogP) is 2.57. The van der Waals surface area contributed by atoms with Crippen LogP contribution in [0.5, 0.6) is 0 Å². The monoisotopic (exact) mass is 209 g/mol. The van der Waals surface area contributed by atoms with Crippen LogP contribution >= 0.6 is 0 Å². The van der Waals surface area contributed by atoms with Gasteiger partial charge in [-0.05, 0) is 31.2 Å². The SMILES string of the molecule is C#CC(OC)([C]1[CH][CH][CH][CH]1)c1ccccc1. The van der Waals surface area contributed by atoms with Crippen LogP contribution in [-0.2, 0) is 10.3 Å². The molecule has 1 aliphatic carbocycles. The molecule has 2 rings (SSSR count). The van der Waals surface area contributed by atoms with Gasteiger partial charge in [0.2, 0.25) is 0 Å². The zero-order valence-corrected chi connectivity index (χ0v) is 9.18. The van der Waals surface area contributed by atoms with E-state index < -0.39 is 5.60 Å². The van der Waals surface area contributed by atoms with Gasteiger partial charge < -0.3 is 4.74 Å². The van der Waals surface area contributed by atoms with Gasteiger partial charge in [-0.2, -0.15) is 0 Å². The highest BCUT2D eigenvalue weighted by Crippen LogP contribution is 2.42. The minimum atomic E-state index is -0.773. The third-order valence-electron chi connectivity index (χ3n) is 2.76. The van der Waals surface area contributed by atoms with E-state index in [0.717, 1.165) is 11.5 Å². The fraction of sp³-hybridized carbons (Fsp3) is 0.133. The van der Waals surface area contributed by atoms with Crippen molar-refractivity contribution < 1.29 is 4.74 Å². The lowest BCUT2D eigenvalue weighted by Crippen LogP contribution is -2.33. The minimum absolute atomic E-state index is 0.773. The maximum absolute atomic E-state index is 5.67. The van der Waals surface area contributed by atoms with Crippen molar-refractivity contribution in [3.8, 4) is 12.3 Å². The number of benzene rings is 1. The first kappa shape index (κ1) is 11.2. The van der Waals surface area contributed by atoms with Crippen molar-refractivity contribution in [2.45, 2.75) is 5.60 Å². The van der Waals surface area contributed by atoms with E-state index in [1.54, 1.807) is 7.11 Å². The van der Waals surface area contributed by atoms with Crippen molar-refractivity contribution in [3.63, 3.8) is 0 Å². The Morgan fingerprint density at radius 1 is 1.12 bits per heavy atom. The van der Waals surface area contributed by atoms with Crippen LogP contribution < -0.4 is 0 Å². The van der Waals surface area contributed by atoms with Crippen molar-refractivity contribution in [1.82, 2.24) is 0 Å². The van der Waals surface area contributed by atoms with Crippen LogP contribution in [0.25, 0.3) is 0 Å². The quantitative estimate of drug-likeness (QED) is 0.695. The van der Waals surface area contributed by atoms with E-state index in [0.29, 0.717) is 0 Å².